The fourth-order valence-corrected chi connectivity index (χ4v) is 2.99. The van der Waals surface area contributed by atoms with Gasteiger partial charge >= 0.3 is 0 Å². The van der Waals surface area contributed by atoms with Crippen LogP contribution in [0.5, 0.6) is 0 Å². The average Bonchev–Trinajstić information content (AvgIpc) is 2.74. The molecule has 0 saturated heterocycles. The van der Waals surface area contributed by atoms with E-state index in [2.05, 4.69) is 19.2 Å². The van der Waals surface area contributed by atoms with Crippen molar-refractivity contribution in [2.75, 3.05) is 11.1 Å². The van der Waals surface area contributed by atoms with E-state index in [0.29, 0.717) is 28.3 Å². The Kier molecular flexibility index (Phi) is 5.75. The fraction of sp³-hybridized carbons (Fsp3) is 0.125. The molecular weight excluding hydrogens is 362 g/mol. The summed E-state index contributed by atoms with van der Waals surface area (Å²) in [5.41, 5.74) is 9.23. The van der Waals surface area contributed by atoms with E-state index in [-0.39, 0.29) is 22.9 Å². The Balaban J connectivity index is 1.93. The number of hydrogen-bond acceptors (Lipinski definition) is 4. The second kappa shape index (κ2) is 8.41. The largest absolute Gasteiger partial charge is 0.397 e. The Morgan fingerprint density at radius 1 is 0.966 bits per heavy atom. The predicted molar refractivity (Wildman–Crippen MR) is 114 cm³/mol. The Labute approximate surface area is 169 Å². The van der Waals surface area contributed by atoms with Crippen LogP contribution in [-0.2, 0) is 0 Å². The number of carbonyl (C=O) groups excluding carboxylic acids is 2. The molecule has 0 bridgehead atoms. The smallest absolute Gasteiger partial charge is 0.255 e. The minimum absolute atomic E-state index is 0.262. The lowest BCUT2D eigenvalue weighted by molar-refractivity contribution is 0.102. The highest BCUT2D eigenvalue weighted by Crippen LogP contribution is 2.27. The van der Waals surface area contributed by atoms with Crippen LogP contribution >= 0.6 is 0 Å². The van der Waals surface area contributed by atoms with E-state index >= 15 is 0 Å². The molecule has 0 radical (unpaired) electrons. The summed E-state index contributed by atoms with van der Waals surface area (Å²) in [6.45, 7) is 4.16. The number of nitrogens with one attached hydrogen (secondary N) is 1. The van der Waals surface area contributed by atoms with Crippen molar-refractivity contribution in [3.8, 4) is 6.07 Å². The third-order valence-corrected chi connectivity index (χ3v) is 4.67. The maximum absolute atomic E-state index is 13.0. The van der Waals surface area contributed by atoms with Crippen LogP contribution in [0.2, 0.25) is 0 Å². The van der Waals surface area contributed by atoms with Crippen molar-refractivity contribution in [2.24, 2.45) is 0 Å². The molecule has 3 N–H and O–H groups in total. The van der Waals surface area contributed by atoms with Gasteiger partial charge in [0.05, 0.1) is 23.0 Å². The van der Waals surface area contributed by atoms with Gasteiger partial charge < -0.3 is 11.1 Å². The highest BCUT2D eigenvalue weighted by molar-refractivity contribution is 6.17. The predicted octanol–water partition coefficient (Wildman–Crippen LogP) is 4.75. The van der Waals surface area contributed by atoms with Gasteiger partial charge in [0.2, 0.25) is 0 Å². The lowest BCUT2D eigenvalue weighted by Gasteiger charge is -2.14. The first-order valence-corrected chi connectivity index (χ1v) is 9.25. The number of nitrogens with two attached hydrogens (primary N) is 1. The van der Waals surface area contributed by atoms with Crippen molar-refractivity contribution >= 4 is 23.1 Å². The zero-order chi connectivity index (χ0) is 21.0. The zero-order valence-corrected chi connectivity index (χ0v) is 16.3. The van der Waals surface area contributed by atoms with Crippen molar-refractivity contribution in [3.05, 3.63) is 94.5 Å². The van der Waals surface area contributed by atoms with Gasteiger partial charge in [0.1, 0.15) is 0 Å². The van der Waals surface area contributed by atoms with Crippen LogP contribution in [-0.4, -0.2) is 11.7 Å². The minimum Gasteiger partial charge on any atom is -0.397 e. The fourth-order valence-electron chi connectivity index (χ4n) is 2.99. The summed E-state index contributed by atoms with van der Waals surface area (Å²) in [4.78, 5) is 25.7. The van der Waals surface area contributed by atoms with Crippen LogP contribution in [0.25, 0.3) is 0 Å². The molecule has 0 aromatic heterocycles. The third kappa shape index (κ3) is 4.33. The van der Waals surface area contributed by atoms with Crippen molar-refractivity contribution in [3.63, 3.8) is 0 Å². The number of nitriles is 1. The van der Waals surface area contributed by atoms with Crippen molar-refractivity contribution in [1.29, 1.82) is 5.26 Å². The van der Waals surface area contributed by atoms with Gasteiger partial charge in [-0.05, 0) is 47.9 Å². The molecule has 0 aliphatic heterocycles. The van der Waals surface area contributed by atoms with Gasteiger partial charge in [-0.1, -0.05) is 44.2 Å². The van der Waals surface area contributed by atoms with Crippen LogP contribution in [0.15, 0.2) is 66.7 Å². The molecule has 0 saturated carbocycles. The number of anilines is 2. The van der Waals surface area contributed by atoms with Crippen molar-refractivity contribution in [1.82, 2.24) is 0 Å². The quantitative estimate of drug-likeness (QED) is 0.491. The van der Waals surface area contributed by atoms with Gasteiger partial charge in [-0.15, -0.1) is 0 Å². The first-order chi connectivity index (χ1) is 13.9. The molecule has 0 fully saturated rings. The van der Waals surface area contributed by atoms with Gasteiger partial charge in [0.25, 0.3) is 5.91 Å². The molecule has 144 valence electrons. The number of carbonyl (C=O) groups is 2. The van der Waals surface area contributed by atoms with Gasteiger partial charge in [-0.2, -0.15) is 5.26 Å². The molecule has 0 aliphatic carbocycles. The second-order valence-electron chi connectivity index (χ2n) is 7.02. The number of hydrogen-bond donors (Lipinski definition) is 2. The van der Waals surface area contributed by atoms with E-state index in [0.717, 1.165) is 5.56 Å². The molecular formula is C24H21N3O2. The maximum Gasteiger partial charge on any atom is 0.255 e. The van der Waals surface area contributed by atoms with E-state index < -0.39 is 0 Å². The van der Waals surface area contributed by atoms with Crippen LogP contribution in [0.3, 0.4) is 0 Å². The van der Waals surface area contributed by atoms with E-state index in [9.17, 15) is 9.59 Å². The van der Waals surface area contributed by atoms with Gasteiger partial charge in [0, 0.05) is 16.7 Å². The molecule has 0 spiro atoms. The van der Waals surface area contributed by atoms with Gasteiger partial charge in [-0.25, -0.2) is 0 Å². The second-order valence-corrected chi connectivity index (χ2v) is 7.02. The monoisotopic (exact) mass is 383 g/mol. The summed E-state index contributed by atoms with van der Waals surface area (Å²) in [7, 11) is 0. The molecule has 0 heterocycles. The van der Waals surface area contributed by atoms with Crippen LogP contribution < -0.4 is 11.1 Å². The first kappa shape index (κ1) is 19.8. The summed E-state index contributed by atoms with van der Waals surface area (Å²) < 4.78 is 0. The summed E-state index contributed by atoms with van der Waals surface area (Å²) in [5, 5.41) is 11.8. The SMILES string of the molecule is CC(C)c1ccc(C(=O)Nc2c(N)cccc2C(=O)c2cccc(C#N)c2)cc1. The van der Waals surface area contributed by atoms with E-state index in [1.807, 2.05) is 18.2 Å². The normalized spacial score (nSPS) is 10.4. The van der Waals surface area contributed by atoms with Crippen molar-refractivity contribution < 1.29 is 9.59 Å². The molecule has 3 aromatic carbocycles. The summed E-state index contributed by atoms with van der Waals surface area (Å²) in [5.74, 6) is -0.303. The zero-order valence-electron chi connectivity index (χ0n) is 16.3. The summed E-state index contributed by atoms with van der Waals surface area (Å²) in [6, 6.07) is 20.6. The molecule has 5 nitrogen and oxygen atoms in total. The van der Waals surface area contributed by atoms with E-state index in [4.69, 9.17) is 11.0 Å². The van der Waals surface area contributed by atoms with Crippen LogP contribution in [0.1, 0.15) is 57.2 Å². The highest BCUT2D eigenvalue weighted by Gasteiger charge is 2.18. The lowest BCUT2D eigenvalue weighted by Crippen LogP contribution is -2.17. The van der Waals surface area contributed by atoms with E-state index in [1.165, 1.54) is 6.07 Å². The van der Waals surface area contributed by atoms with Crippen LogP contribution in [0, 0.1) is 11.3 Å². The minimum atomic E-state index is -0.349. The summed E-state index contributed by atoms with van der Waals surface area (Å²) in [6.07, 6.45) is 0. The number of ketones is 1. The lowest BCUT2D eigenvalue weighted by atomic mass is 9.99. The molecule has 3 rings (SSSR count). The van der Waals surface area contributed by atoms with Gasteiger partial charge in [-0.3, -0.25) is 9.59 Å². The highest BCUT2D eigenvalue weighted by atomic mass is 16.1. The standard InChI is InChI=1S/C24H21N3O2/c1-15(2)17-9-11-18(12-10-17)24(29)27-22-20(7-4-8-21(22)26)23(28)19-6-3-5-16(13-19)14-25/h3-13,15H,26H2,1-2H3,(H,27,29). The van der Waals surface area contributed by atoms with E-state index in [1.54, 1.807) is 48.5 Å². The first-order valence-electron chi connectivity index (χ1n) is 9.25. The Bertz CT molecular complexity index is 1110. The molecule has 0 unspecified atom stereocenters. The number of nitrogen functional groups attached to an aromatic ring is 1. The molecule has 0 aliphatic rings. The Morgan fingerprint density at radius 2 is 1.66 bits per heavy atom. The Hall–Kier alpha value is -3.91. The van der Waals surface area contributed by atoms with Crippen molar-refractivity contribution in [2.45, 2.75) is 19.8 Å². The maximum atomic E-state index is 13.0. The number of nitrogens with zero attached hydrogens (tertiary/aromatic N) is 1. The average molecular weight is 383 g/mol. The molecule has 0 atom stereocenters. The molecule has 3 aromatic rings. The molecule has 29 heavy (non-hydrogen) atoms. The molecule has 5 heteroatoms. The third-order valence-electron chi connectivity index (χ3n) is 4.67. The topological polar surface area (TPSA) is 96.0 Å². The Morgan fingerprint density at radius 3 is 2.31 bits per heavy atom. The summed E-state index contributed by atoms with van der Waals surface area (Å²) >= 11 is 0. The number of rotatable bonds is 5. The van der Waals surface area contributed by atoms with Crippen LogP contribution in [0.4, 0.5) is 11.4 Å². The number of para-hydroxylation sites is 1. The molecule has 1 amide bonds. The van der Waals surface area contributed by atoms with Gasteiger partial charge in [0.15, 0.2) is 5.78 Å². The number of amides is 1. The number of benzene rings is 3.